The third kappa shape index (κ3) is 2.68. The zero-order chi connectivity index (χ0) is 11.4. The molecule has 16 heavy (non-hydrogen) atoms. The van der Waals surface area contributed by atoms with E-state index in [4.69, 9.17) is 10.5 Å². The van der Waals surface area contributed by atoms with Crippen molar-refractivity contribution in [3.63, 3.8) is 0 Å². The highest BCUT2D eigenvalue weighted by Crippen LogP contribution is 2.29. The summed E-state index contributed by atoms with van der Waals surface area (Å²) in [5.41, 5.74) is 6.48. The highest BCUT2D eigenvalue weighted by atomic mass is 16.5. The molecule has 1 heterocycles. The van der Waals surface area contributed by atoms with E-state index in [0.29, 0.717) is 19.2 Å². The topological polar surface area (TPSA) is 64.3 Å². The molecule has 0 bridgehead atoms. The average Bonchev–Trinajstić information content (AvgIpc) is 3.15. The van der Waals surface area contributed by atoms with E-state index in [1.54, 1.807) is 19.5 Å². The van der Waals surface area contributed by atoms with E-state index in [-0.39, 0.29) is 0 Å². The first-order valence-electron chi connectivity index (χ1n) is 5.61. The molecular formula is C11H18N4O. The Morgan fingerprint density at radius 2 is 2.12 bits per heavy atom. The Morgan fingerprint density at radius 1 is 1.44 bits per heavy atom. The van der Waals surface area contributed by atoms with Gasteiger partial charge in [-0.2, -0.15) is 0 Å². The monoisotopic (exact) mass is 222 g/mol. The molecule has 5 nitrogen and oxygen atoms in total. The van der Waals surface area contributed by atoms with Crippen molar-refractivity contribution < 1.29 is 4.74 Å². The summed E-state index contributed by atoms with van der Waals surface area (Å²) < 4.78 is 5.10. The summed E-state index contributed by atoms with van der Waals surface area (Å²) in [4.78, 5) is 10.9. The Hall–Kier alpha value is -1.20. The number of ether oxygens (including phenoxy) is 1. The summed E-state index contributed by atoms with van der Waals surface area (Å²) in [7, 11) is 1.71. The van der Waals surface area contributed by atoms with Gasteiger partial charge in [0.05, 0.1) is 6.61 Å². The molecule has 0 saturated heterocycles. The van der Waals surface area contributed by atoms with Crippen LogP contribution >= 0.6 is 0 Å². The van der Waals surface area contributed by atoms with Crippen molar-refractivity contribution in [1.82, 2.24) is 9.97 Å². The van der Waals surface area contributed by atoms with Crippen molar-refractivity contribution in [3.05, 3.63) is 18.0 Å². The molecule has 1 aromatic heterocycles. The Kier molecular flexibility index (Phi) is 3.69. The van der Waals surface area contributed by atoms with Gasteiger partial charge in [-0.05, 0) is 12.8 Å². The number of nitrogens with zero attached hydrogens (tertiary/aromatic N) is 3. The van der Waals surface area contributed by atoms with Gasteiger partial charge in [-0.25, -0.2) is 9.97 Å². The molecule has 1 fully saturated rings. The lowest BCUT2D eigenvalue weighted by atomic mass is 10.3. The number of hydrogen-bond acceptors (Lipinski definition) is 5. The van der Waals surface area contributed by atoms with E-state index in [0.717, 1.165) is 18.1 Å². The summed E-state index contributed by atoms with van der Waals surface area (Å²) in [6, 6.07) is 0.596. The van der Waals surface area contributed by atoms with E-state index >= 15 is 0 Å². The summed E-state index contributed by atoms with van der Waals surface area (Å²) in [6.07, 6.45) is 6.05. The lowest BCUT2D eigenvalue weighted by Gasteiger charge is -2.21. The van der Waals surface area contributed by atoms with Gasteiger partial charge in [-0.1, -0.05) is 0 Å². The number of anilines is 1. The molecule has 1 aliphatic rings. The predicted molar refractivity (Wildman–Crippen MR) is 62.2 cm³/mol. The number of rotatable bonds is 6. The third-order valence-electron chi connectivity index (χ3n) is 2.71. The van der Waals surface area contributed by atoms with Crippen LogP contribution in [0.4, 0.5) is 5.95 Å². The number of hydrogen-bond donors (Lipinski definition) is 1. The second-order valence-corrected chi connectivity index (χ2v) is 4.01. The van der Waals surface area contributed by atoms with Crippen LogP contribution in [0.5, 0.6) is 0 Å². The lowest BCUT2D eigenvalue weighted by Crippen LogP contribution is -2.31. The van der Waals surface area contributed by atoms with Crippen LogP contribution in [-0.2, 0) is 11.3 Å². The van der Waals surface area contributed by atoms with E-state index < -0.39 is 0 Å². The van der Waals surface area contributed by atoms with Gasteiger partial charge in [0.1, 0.15) is 0 Å². The Morgan fingerprint density at radius 3 is 2.62 bits per heavy atom. The Bertz CT molecular complexity index is 323. The van der Waals surface area contributed by atoms with Crippen molar-refractivity contribution in [2.45, 2.75) is 25.4 Å². The minimum atomic E-state index is 0.488. The van der Waals surface area contributed by atoms with Crippen LogP contribution < -0.4 is 10.6 Å². The molecule has 88 valence electrons. The molecule has 0 aliphatic heterocycles. The molecule has 0 amide bonds. The Labute approximate surface area is 95.6 Å². The van der Waals surface area contributed by atoms with Crippen LogP contribution in [0.3, 0.4) is 0 Å². The van der Waals surface area contributed by atoms with Crippen molar-refractivity contribution in [3.8, 4) is 0 Å². The number of methoxy groups -OCH3 is 1. The van der Waals surface area contributed by atoms with Gasteiger partial charge < -0.3 is 15.4 Å². The molecule has 5 heteroatoms. The predicted octanol–water partition coefficient (Wildman–Crippen LogP) is 0.550. The molecule has 2 rings (SSSR count). The highest BCUT2D eigenvalue weighted by molar-refractivity contribution is 5.34. The second-order valence-electron chi connectivity index (χ2n) is 4.01. The minimum absolute atomic E-state index is 0.488. The van der Waals surface area contributed by atoms with E-state index in [1.165, 1.54) is 12.8 Å². The molecule has 0 radical (unpaired) electrons. The lowest BCUT2D eigenvalue weighted by molar-refractivity contribution is 0.204. The fourth-order valence-corrected chi connectivity index (χ4v) is 1.62. The van der Waals surface area contributed by atoms with E-state index in [2.05, 4.69) is 14.9 Å². The van der Waals surface area contributed by atoms with Crippen LogP contribution in [0.1, 0.15) is 18.4 Å². The highest BCUT2D eigenvalue weighted by Gasteiger charge is 2.30. The zero-order valence-electron chi connectivity index (χ0n) is 9.59. The smallest absolute Gasteiger partial charge is 0.225 e. The van der Waals surface area contributed by atoms with E-state index in [1.807, 2.05) is 0 Å². The maximum absolute atomic E-state index is 5.51. The first-order valence-corrected chi connectivity index (χ1v) is 5.61. The number of nitrogens with two attached hydrogens (primary N) is 1. The molecule has 0 unspecified atom stereocenters. The van der Waals surface area contributed by atoms with E-state index in [9.17, 15) is 0 Å². The van der Waals surface area contributed by atoms with Crippen molar-refractivity contribution in [2.24, 2.45) is 5.73 Å². The van der Waals surface area contributed by atoms with Crippen LogP contribution in [0.15, 0.2) is 12.4 Å². The van der Waals surface area contributed by atoms with Gasteiger partial charge in [-0.15, -0.1) is 0 Å². The van der Waals surface area contributed by atoms with Gasteiger partial charge in [-0.3, -0.25) is 0 Å². The van der Waals surface area contributed by atoms with Crippen LogP contribution in [-0.4, -0.2) is 36.3 Å². The van der Waals surface area contributed by atoms with Gasteiger partial charge in [0.25, 0.3) is 0 Å². The van der Waals surface area contributed by atoms with Crippen molar-refractivity contribution in [1.29, 1.82) is 0 Å². The van der Waals surface area contributed by atoms with Gasteiger partial charge in [0, 0.05) is 44.2 Å². The molecule has 1 saturated carbocycles. The zero-order valence-corrected chi connectivity index (χ0v) is 9.59. The van der Waals surface area contributed by atoms with Gasteiger partial charge >= 0.3 is 0 Å². The van der Waals surface area contributed by atoms with Gasteiger partial charge in [0.15, 0.2) is 0 Å². The average molecular weight is 222 g/mol. The van der Waals surface area contributed by atoms with Crippen LogP contribution in [0.2, 0.25) is 0 Å². The first-order chi connectivity index (χ1) is 7.85. The number of aromatic nitrogens is 2. The molecule has 0 atom stereocenters. The molecule has 0 spiro atoms. The normalized spacial score (nSPS) is 15.1. The quantitative estimate of drug-likeness (QED) is 0.761. The van der Waals surface area contributed by atoms with Crippen molar-refractivity contribution >= 4 is 5.95 Å². The molecule has 1 aliphatic carbocycles. The first kappa shape index (κ1) is 11.3. The minimum Gasteiger partial charge on any atom is -0.383 e. The SMILES string of the molecule is COCCN(c1ncc(CN)cn1)C1CC1. The summed E-state index contributed by atoms with van der Waals surface area (Å²) >= 11 is 0. The fraction of sp³-hybridized carbons (Fsp3) is 0.636. The molecule has 0 aromatic carbocycles. The summed E-state index contributed by atoms with van der Waals surface area (Å²) in [5, 5.41) is 0. The second kappa shape index (κ2) is 5.23. The molecular weight excluding hydrogens is 204 g/mol. The fourth-order valence-electron chi connectivity index (χ4n) is 1.62. The summed E-state index contributed by atoms with van der Waals surface area (Å²) in [6.45, 7) is 2.05. The standard InChI is InChI=1S/C11H18N4O/c1-16-5-4-15(10-2-3-10)11-13-7-9(6-12)8-14-11/h7-8,10H,2-6,12H2,1H3. The summed E-state index contributed by atoms with van der Waals surface area (Å²) in [5.74, 6) is 0.789. The maximum Gasteiger partial charge on any atom is 0.225 e. The molecule has 1 aromatic rings. The largest absolute Gasteiger partial charge is 0.383 e. The Balaban J connectivity index is 2.05. The molecule has 2 N–H and O–H groups in total. The van der Waals surface area contributed by atoms with Crippen LogP contribution in [0.25, 0.3) is 0 Å². The van der Waals surface area contributed by atoms with Gasteiger partial charge in [0.2, 0.25) is 5.95 Å². The van der Waals surface area contributed by atoms with Crippen LogP contribution in [0, 0.1) is 0 Å². The van der Waals surface area contributed by atoms with Crippen molar-refractivity contribution in [2.75, 3.05) is 25.2 Å². The maximum atomic E-state index is 5.51. The third-order valence-corrected chi connectivity index (χ3v) is 2.71.